The Kier molecular flexibility index (Phi) is 4.22. The van der Waals surface area contributed by atoms with Crippen LogP contribution < -0.4 is 5.32 Å². The molecule has 2 atom stereocenters. The van der Waals surface area contributed by atoms with Crippen LogP contribution in [0.3, 0.4) is 0 Å². The monoisotopic (exact) mass is 231 g/mol. The summed E-state index contributed by atoms with van der Waals surface area (Å²) < 4.78 is 0. The summed E-state index contributed by atoms with van der Waals surface area (Å²) in [5, 5.41) is 3.65. The lowest BCUT2D eigenvalue weighted by Crippen LogP contribution is -2.31. The molecular formula is C16H25N. The van der Waals surface area contributed by atoms with E-state index in [-0.39, 0.29) is 0 Å². The van der Waals surface area contributed by atoms with Gasteiger partial charge in [-0.15, -0.1) is 0 Å². The molecule has 1 aliphatic rings. The third kappa shape index (κ3) is 3.10. The molecule has 17 heavy (non-hydrogen) atoms. The molecule has 1 heteroatoms. The number of benzene rings is 1. The fourth-order valence-corrected chi connectivity index (χ4v) is 2.73. The minimum atomic E-state index is 0.579. The zero-order valence-electron chi connectivity index (χ0n) is 11.4. The maximum atomic E-state index is 3.65. The van der Waals surface area contributed by atoms with E-state index in [4.69, 9.17) is 0 Å². The first-order valence-electron chi connectivity index (χ1n) is 7.04. The van der Waals surface area contributed by atoms with Gasteiger partial charge >= 0.3 is 0 Å². The Morgan fingerprint density at radius 2 is 1.94 bits per heavy atom. The quantitative estimate of drug-likeness (QED) is 0.819. The fraction of sp³-hybridized carbons (Fsp3) is 0.625. The van der Waals surface area contributed by atoms with Crippen molar-refractivity contribution in [1.29, 1.82) is 0 Å². The van der Waals surface area contributed by atoms with E-state index in [0.717, 1.165) is 5.92 Å². The van der Waals surface area contributed by atoms with Crippen molar-refractivity contribution in [2.24, 2.45) is 5.92 Å². The van der Waals surface area contributed by atoms with Crippen molar-refractivity contribution in [3.63, 3.8) is 0 Å². The van der Waals surface area contributed by atoms with Gasteiger partial charge in [0, 0.05) is 6.04 Å². The van der Waals surface area contributed by atoms with Gasteiger partial charge in [-0.1, -0.05) is 51.5 Å². The Balaban J connectivity index is 2.06. The van der Waals surface area contributed by atoms with Crippen LogP contribution in [0, 0.1) is 5.92 Å². The Morgan fingerprint density at radius 3 is 2.53 bits per heavy atom. The third-order valence-corrected chi connectivity index (χ3v) is 4.10. The summed E-state index contributed by atoms with van der Waals surface area (Å²) >= 11 is 0. The molecule has 1 aliphatic heterocycles. The summed E-state index contributed by atoms with van der Waals surface area (Å²) in [6.07, 6.45) is 3.97. The predicted molar refractivity (Wildman–Crippen MR) is 74.3 cm³/mol. The lowest BCUT2D eigenvalue weighted by Gasteiger charge is -2.30. The normalized spacial score (nSPS) is 25.2. The maximum Gasteiger partial charge on any atom is 0.0322 e. The van der Waals surface area contributed by atoms with Crippen LogP contribution in [-0.2, 0) is 0 Å². The van der Waals surface area contributed by atoms with Gasteiger partial charge in [0.15, 0.2) is 0 Å². The van der Waals surface area contributed by atoms with E-state index in [1.165, 1.54) is 36.9 Å². The molecule has 0 radical (unpaired) electrons. The van der Waals surface area contributed by atoms with E-state index in [2.05, 4.69) is 50.4 Å². The molecule has 0 saturated carbocycles. The lowest BCUT2D eigenvalue weighted by atomic mass is 9.86. The highest BCUT2D eigenvalue weighted by molar-refractivity contribution is 5.27. The maximum absolute atomic E-state index is 3.65. The van der Waals surface area contributed by atoms with Gasteiger partial charge in [0.2, 0.25) is 0 Å². The van der Waals surface area contributed by atoms with Crippen LogP contribution >= 0.6 is 0 Å². The molecule has 2 rings (SSSR count). The highest BCUT2D eigenvalue weighted by Gasteiger charge is 2.21. The van der Waals surface area contributed by atoms with Crippen LogP contribution in [0.4, 0.5) is 0 Å². The molecule has 1 fully saturated rings. The lowest BCUT2D eigenvalue weighted by molar-refractivity contribution is 0.299. The summed E-state index contributed by atoms with van der Waals surface area (Å²) in [6, 6.07) is 9.78. The SMILES string of the molecule is CCC1CCNC(c2ccc(C(C)C)cc2)C1. The molecule has 1 aromatic rings. The van der Waals surface area contributed by atoms with Crippen LogP contribution in [0.25, 0.3) is 0 Å². The second-order valence-electron chi connectivity index (χ2n) is 5.63. The van der Waals surface area contributed by atoms with Gasteiger partial charge < -0.3 is 5.32 Å². The minimum absolute atomic E-state index is 0.579. The second kappa shape index (κ2) is 5.68. The van der Waals surface area contributed by atoms with Gasteiger partial charge in [0.1, 0.15) is 0 Å². The number of piperidine rings is 1. The predicted octanol–water partition coefficient (Wildman–Crippen LogP) is 4.26. The molecule has 1 saturated heterocycles. The summed E-state index contributed by atoms with van der Waals surface area (Å²) in [4.78, 5) is 0. The molecule has 0 aromatic heterocycles. The number of hydrogen-bond donors (Lipinski definition) is 1. The van der Waals surface area contributed by atoms with E-state index >= 15 is 0 Å². The summed E-state index contributed by atoms with van der Waals surface area (Å²) in [6.45, 7) is 7.99. The van der Waals surface area contributed by atoms with E-state index in [1.54, 1.807) is 0 Å². The highest BCUT2D eigenvalue weighted by atomic mass is 14.9. The van der Waals surface area contributed by atoms with Gasteiger partial charge in [-0.2, -0.15) is 0 Å². The van der Waals surface area contributed by atoms with Gasteiger partial charge in [-0.3, -0.25) is 0 Å². The Hall–Kier alpha value is -0.820. The van der Waals surface area contributed by atoms with E-state index in [1.807, 2.05) is 0 Å². The van der Waals surface area contributed by atoms with Crippen molar-refractivity contribution in [3.05, 3.63) is 35.4 Å². The van der Waals surface area contributed by atoms with E-state index in [0.29, 0.717) is 12.0 Å². The molecule has 2 unspecified atom stereocenters. The Bertz CT molecular complexity index is 339. The molecule has 1 heterocycles. The number of rotatable bonds is 3. The number of nitrogens with one attached hydrogen (secondary N) is 1. The molecule has 0 amide bonds. The van der Waals surface area contributed by atoms with Gasteiger partial charge in [-0.05, 0) is 42.3 Å². The molecule has 0 spiro atoms. The van der Waals surface area contributed by atoms with Crippen LogP contribution in [0.2, 0.25) is 0 Å². The van der Waals surface area contributed by atoms with Crippen molar-refractivity contribution in [2.45, 2.75) is 52.0 Å². The van der Waals surface area contributed by atoms with Crippen LogP contribution in [0.15, 0.2) is 24.3 Å². The van der Waals surface area contributed by atoms with Crippen molar-refractivity contribution < 1.29 is 0 Å². The number of hydrogen-bond acceptors (Lipinski definition) is 1. The zero-order valence-corrected chi connectivity index (χ0v) is 11.4. The summed E-state index contributed by atoms with van der Waals surface area (Å²) in [7, 11) is 0. The summed E-state index contributed by atoms with van der Waals surface area (Å²) in [5.74, 6) is 1.54. The van der Waals surface area contributed by atoms with Crippen molar-refractivity contribution >= 4 is 0 Å². The Labute approximate surface area is 106 Å². The van der Waals surface area contributed by atoms with Crippen LogP contribution in [0.5, 0.6) is 0 Å². The van der Waals surface area contributed by atoms with Crippen LogP contribution in [-0.4, -0.2) is 6.54 Å². The van der Waals surface area contributed by atoms with E-state index < -0.39 is 0 Å². The summed E-state index contributed by atoms with van der Waals surface area (Å²) in [5.41, 5.74) is 2.91. The minimum Gasteiger partial charge on any atom is -0.310 e. The average Bonchev–Trinajstić information content (AvgIpc) is 2.39. The standard InChI is InChI=1S/C16H25N/c1-4-13-9-10-17-16(11-13)15-7-5-14(6-8-15)12(2)3/h5-8,12-13,16-17H,4,9-11H2,1-3H3. The molecule has 1 N–H and O–H groups in total. The second-order valence-corrected chi connectivity index (χ2v) is 5.63. The third-order valence-electron chi connectivity index (χ3n) is 4.10. The van der Waals surface area contributed by atoms with Gasteiger partial charge in [0.05, 0.1) is 0 Å². The highest BCUT2D eigenvalue weighted by Crippen LogP contribution is 2.29. The van der Waals surface area contributed by atoms with Crippen molar-refractivity contribution in [1.82, 2.24) is 5.32 Å². The topological polar surface area (TPSA) is 12.0 Å². The Morgan fingerprint density at radius 1 is 1.24 bits per heavy atom. The average molecular weight is 231 g/mol. The molecule has 1 aromatic carbocycles. The molecule has 0 aliphatic carbocycles. The van der Waals surface area contributed by atoms with E-state index in [9.17, 15) is 0 Å². The first-order valence-corrected chi connectivity index (χ1v) is 7.04. The smallest absolute Gasteiger partial charge is 0.0322 e. The van der Waals surface area contributed by atoms with Crippen molar-refractivity contribution in [2.75, 3.05) is 6.54 Å². The first-order chi connectivity index (χ1) is 8.20. The largest absolute Gasteiger partial charge is 0.310 e. The van der Waals surface area contributed by atoms with Crippen molar-refractivity contribution in [3.8, 4) is 0 Å². The molecule has 94 valence electrons. The first kappa shape index (κ1) is 12.6. The fourth-order valence-electron chi connectivity index (χ4n) is 2.73. The zero-order chi connectivity index (χ0) is 12.3. The van der Waals surface area contributed by atoms with Crippen LogP contribution in [0.1, 0.15) is 63.1 Å². The van der Waals surface area contributed by atoms with Gasteiger partial charge in [-0.25, -0.2) is 0 Å². The molecule has 1 nitrogen and oxygen atoms in total. The van der Waals surface area contributed by atoms with Gasteiger partial charge in [0.25, 0.3) is 0 Å². The molecular weight excluding hydrogens is 206 g/mol. The molecule has 0 bridgehead atoms.